The molecule has 3 N–H and O–H groups in total. The number of benzene rings is 3. The van der Waals surface area contributed by atoms with Gasteiger partial charge in [-0.15, -0.1) is 0 Å². The second-order valence-corrected chi connectivity index (χ2v) is 13.4. The van der Waals surface area contributed by atoms with Crippen molar-refractivity contribution in [1.82, 2.24) is 0 Å². The van der Waals surface area contributed by atoms with Crippen molar-refractivity contribution in [2.75, 3.05) is 24.0 Å². The van der Waals surface area contributed by atoms with Gasteiger partial charge in [-0.2, -0.15) is 0 Å². The van der Waals surface area contributed by atoms with Crippen molar-refractivity contribution < 1.29 is 53.2 Å². The highest BCUT2D eigenvalue weighted by atomic mass is 35.5. The van der Waals surface area contributed by atoms with Gasteiger partial charge in [-0.3, -0.25) is 19.2 Å². The van der Waals surface area contributed by atoms with E-state index in [1.165, 1.54) is 44.6 Å². The van der Waals surface area contributed by atoms with Crippen LogP contribution in [0.4, 0.5) is 15.8 Å². The number of allylic oxidation sites excluding steroid dienone is 2. The molecule has 0 radical (unpaired) electrons. The van der Waals surface area contributed by atoms with Crippen LogP contribution in [-0.2, 0) is 19.2 Å². The smallest absolute Gasteiger partial charge is 0.339 e. The molecule has 7 rings (SSSR count). The number of carboxylic acids is 1. The van der Waals surface area contributed by atoms with Gasteiger partial charge < -0.3 is 24.8 Å². The zero-order valence-corrected chi connectivity index (χ0v) is 27.6. The first-order valence-corrected chi connectivity index (χ1v) is 16.0. The van der Waals surface area contributed by atoms with E-state index in [0.717, 1.165) is 28.0 Å². The van der Waals surface area contributed by atoms with Crippen LogP contribution in [0.25, 0.3) is 0 Å². The fourth-order valence-corrected chi connectivity index (χ4v) is 8.67. The van der Waals surface area contributed by atoms with E-state index in [0.29, 0.717) is 11.1 Å². The predicted octanol–water partition coefficient (Wildman–Crippen LogP) is 5.04. The Labute approximate surface area is 289 Å². The second kappa shape index (κ2) is 11.6. The Bertz CT molecular complexity index is 2060. The number of phenolic OH excluding ortho intramolecular Hbond substituents is 1. The first-order valence-electron chi connectivity index (χ1n) is 15.7. The van der Waals surface area contributed by atoms with Crippen LogP contribution in [0.15, 0.2) is 60.2 Å². The minimum atomic E-state index is -1.52. The van der Waals surface area contributed by atoms with Crippen LogP contribution in [0.3, 0.4) is 0 Å². The minimum absolute atomic E-state index is 0.00518. The molecule has 4 amide bonds. The molecule has 14 heteroatoms. The van der Waals surface area contributed by atoms with E-state index in [9.17, 15) is 43.7 Å². The molecule has 4 aliphatic rings. The molecule has 0 spiro atoms. The van der Waals surface area contributed by atoms with Crippen LogP contribution < -0.4 is 19.3 Å². The summed E-state index contributed by atoms with van der Waals surface area (Å²) in [6.45, 7) is 1.64. The summed E-state index contributed by atoms with van der Waals surface area (Å²) in [4.78, 5) is 70.7. The van der Waals surface area contributed by atoms with Gasteiger partial charge in [0.25, 0.3) is 0 Å². The highest BCUT2D eigenvalue weighted by molar-refractivity contribution is 6.32. The Hall–Kier alpha value is -5.43. The maximum atomic E-state index is 14.7. The van der Waals surface area contributed by atoms with Crippen LogP contribution in [0.1, 0.15) is 41.6 Å². The van der Waals surface area contributed by atoms with Gasteiger partial charge in [0.15, 0.2) is 0 Å². The lowest BCUT2D eigenvalue weighted by atomic mass is 9.51. The highest BCUT2D eigenvalue weighted by Crippen LogP contribution is 2.66. The van der Waals surface area contributed by atoms with Gasteiger partial charge in [0.1, 0.15) is 34.4 Å². The fraction of sp³-hybridized carbons (Fsp3) is 0.306. The Kier molecular flexibility index (Phi) is 7.66. The van der Waals surface area contributed by atoms with E-state index in [2.05, 4.69) is 0 Å². The highest BCUT2D eigenvalue weighted by Gasteiger charge is 2.68. The number of carbonyl (C=O) groups excluding carboxylic acids is 4. The van der Waals surface area contributed by atoms with Gasteiger partial charge >= 0.3 is 5.97 Å². The minimum Gasteiger partial charge on any atom is -0.508 e. The topological polar surface area (TPSA) is 171 Å². The molecular weight excluding hydrogens is 675 g/mol. The maximum Gasteiger partial charge on any atom is 0.339 e. The third-order valence-corrected chi connectivity index (χ3v) is 11.0. The molecule has 2 aliphatic heterocycles. The molecule has 6 atom stereocenters. The zero-order valence-electron chi connectivity index (χ0n) is 26.8. The number of rotatable bonds is 6. The van der Waals surface area contributed by atoms with Crippen LogP contribution in [-0.4, -0.2) is 59.1 Å². The Morgan fingerprint density at radius 1 is 0.900 bits per heavy atom. The summed E-state index contributed by atoms with van der Waals surface area (Å²) in [5.74, 6) is -9.61. The van der Waals surface area contributed by atoms with Gasteiger partial charge in [-0.1, -0.05) is 23.3 Å². The lowest BCUT2D eigenvalue weighted by Crippen LogP contribution is -2.49. The summed E-state index contributed by atoms with van der Waals surface area (Å²) in [6, 6.07) is 9.63. The average Bonchev–Trinajstić information content (AvgIpc) is 3.45. The lowest BCUT2D eigenvalue weighted by molar-refractivity contribution is -0.131. The molecule has 0 bridgehead atoms. The van der Waals surface area contributed by atoms with Crippen molar-refractivity contribution in [1.29, 1.82) is 0 Å². The number of aromatic carboxylic acids is 1. The molecule has 2 aliphatic carbocycles. The number of hydrogen-bond acceptors (Lipinski definition) is 9. The maximum absolute atomic E-state index is 14.7. The number of aromatic hydroxyl groups is 2. The van der Waals surface area contributed by atoms with Crippen LogP contribution >= 0.6 is 11.6 Å². The van der Waals surface area contributed by atoms with E-state index in [4.69, 9.17) is 21.1 Å². The lowest BCUT2D eigenvalue weighted by Gasteiger charge is -2.49. The Morgan fingerprint density at radius 3 is 2.14 bits per heavy atom. The van der Waals surface area contributed by atoms with Gasteiger partial charge in [0.05, 0.1) is 53.8 Å². The van der Waals surface area contributed by atoms with Gasteiger partial charge in [-0.25, -0.2) is 19.0 Å². The van der Waals surface area contributed by atoms with E-state index in [1.54, 1.807) is 13.0 Å². The zero-order chi connectivity index (χ0) is 36.0. The molecular formula is C36H30ClFN2O10. The molecule has 50 heavy (non-hydrogen) atoms. The molecule has 3 fully saturated rings. The Morgan fingerprint density at radius 2 is 1.54 bits per heavy atom. The standard InChI is InChI=1S/C36H30ClFN2O10/c1-36-22(32(44)40(35(36)48)15-5-9-24(38)23(37)10-15)14-21-18(30(36)29-26(49-2)12-17(41)13-27(29)50-3)7-8-20-28(21)33(45)39(31(20)43)16-4-6-19(34(46)47)25(42)11-16/h4-7,9-13,20-22,28,30,41-42H,8,14H2,1-3H3,(H,46,47). The van der Waals surface area contributed by atoms with Crippen molar-refractivity contribution in [3.05, 3.63) is 82.1 Å². The van der Waals surface area contributed by atoms with Crippen LogP contribution in [0.2, 0.25) is 5.02 Å². The number of imide groups is 2. The number of nitrogens with zero attached hydrogens (tertiary/aromatic N) is 2. The van der Waals surface area contributed by atoms with E-state index >= 15 is 0 Å². The molecule has 3 aromatic carbocycles. The third kappa shape index (κ3) is 4.52. The molecule has 12 nitrogen and oxygen atoms in total. The number of methoxy groups -OCH3 is 2. The molecule has 2 heterocycles. The number of phenols is 2. The van der Waals surface area contributed by atoms with Crippen molar-refractivity contribution in [3.8, 4) is 23.0 Å². The van der Waals surface area contributed by atoms with Crippen LogP contribution in [0.5, 0.6) is 23.0 Å². The number of carbonyl (C=O) groups is 5. The third-order valence-electron chi connectivity index (χ3n) is 10.7. The molecule has 6 unspecified atom stereocenters. The van der Waals surface area contributed by atoms with E-state index in [1.807, 2.05) is 0 Å². The number of ether oxygens (including phenoxy) is 2. The molecule has 2 saturated heterocycles. The quantitative estimate of drug-likeness (QED) is 0.233. The van der Waals surface area contributed by atoms with Gasteiger partial charge in [-0.05, 0) is 56.0 Å². The summed E-state index contributed by atoms with van der Waals surface area (Å²) in [5, 5.41) is 29.9. The summed E-state index contributed by atoms with van der Waals surface area (Å²) in [7, 11) is 2.75. The largest absolute Gasteiger partial charge is 0.508 e. The monoisotopic (exact) mass is 704 g/mol. The summed E-state index contributed by atoms with van der Waals surface area (Å²) < 4.78 is 25.6. The first kappa shape index (κ1) is 33.1. The summed E-state index contributed by atoms with van der Waals surface area (Å²) in [5.41, 5.74) is -0.935. The summed E-state index contributed by atoms with van der Waals surface area (Å²) >= 11 is 6.07. The van der Waals surface area contributed by atoms with Gasteiger partial charge in [0.2, 0.25) is 23.6 Å². The number of fused-ring (bicyclic) bond motifs is 4. The van der Waals surface area contributed by atoms with E-state index in [-0.39, 0.29) is 46.5 Å². The Balaban J connectivity index is 1.40. The molecule has 1 saturated carbocycles. The molecule has 0 aromatic heterocycles. The number of hydrogen-bond donors (Lipinski definition) is 3. The molecule has 3 aromatic rings. The first-order chi connectivity index (χ1) is 23.7. The van der Waals surface area contributed by atoms with Gasteiger partial charge in [0, 0.05) is 29.7 Å². The van der Waals surface area contributed by atoms with Crippen molar-refractivity contribution in [2.24, 2.45) is 29.1 Å². The van der Waals surface area contributed by atoms with Crippen molar-refractivity contribution in [3.63, 3.8) is 0 Å². The fourth-order valence-electron chi connectivity index (χ4n) is 8.50. The number of carboxylic acid groups (broad SMARTS) is 1. The van der Waals surface area contributed by atoms with Crippen molar-refractivity contribution >= 4 is 52.6 Å². The normalized spacial score (nSPS) is 27.1. The number of amides is 4. The average molecular weight is 705 g/mol. The van der Waals surface area contributed by atoms with Crippen LogP contribution in [0, 0.1) is 34.9 Å². The molecule has 258 valence electrons. The van der Waals surface area contributed by atoms with Crippen molar-refractivity contribution in [2.45, 2.75) is 25.7 Å². The number of anilines is 2. The second-order valence-electron chi connectivity index (χ2n) is 13.0. The van der Waals surface area contributed by atoms with E-state index < -0.39 is 81.7 Å². The summed E-state index contributed by atoms with van der Waals surface area (Å²) in [6.07, 6.45) is 1.89. The predicted molar refractivity (Wildman–Crippen MR) is 175 cm³/mol. The SMILES string of the molecule is COc1cc(O)cc(OC)c1C1C2=CCC3C(=O)N(c4ccc(C(=O)O)c(O)c4)C(=O)C3C2CC2C(=O)N(c3ccc(F)c(Cl)c3)C(=O)C21C. The number of halogens is 2.